The lowest BCUT2D eigenvalue weighted by Crippen LogP contribution is -2.66. The molecule has 0 unspecified atom stereocenters. The first-order chi connectivity index (χ1) is 16.8. The summed E-state index contributed by atoms with van der Waals surface area (Å²) >= 11 is 1.26. The fourth-order valence-electron chi connectivity index (χ4n) is 5.75. The number of aromatic hydroxyl groups is 1. The Morgan fingerprint density at radius 3 is 2.71 bits per heavy atom. The van der Waals surface area contributed by atoms with Crippen LogP contribution in [0.15, 0.2) is 29.8 Å². The molecular formula is C25H26FN7OS. The second-order valence-corrected chi connectivity index (χ2v) is 11.3. The van der Waals surface area contributed by atoms with Gasteiger partial charge in [-0.1, -0.05) is 6.07 Å². The van der Waals surface area contributed by atoms with Crippen LogP contribution in [0.25, 0.3) is 22.5 Å². The third-order valence-electron chi connectivity index (χ3n) is 7.64. The van der Waals surface area contributed by atoms with Gasteiger partial charge < -0.3 is 15.3 Å². The van der Waals surface area contributed by atoms with Gasteiger partial charge in [0.2, 0.25) is 5.95 Å². The van der Waals surface area contributed by atoms with Crippen molar-refractivity contribution in [3.63, 3.8) is 0 Å². The van der Waals surface area contributed by atoms with Crippen molar-refractivity contribution < 1.29 is 9.50 Å². The van der Waals surface area contributed by atoms with Crippen LogP contribution in [-0.4, -0.2) is 54.6 Å². The number of anilines is 1. The van der Waals surface area contributed by atoms with Gasteiger partial charge in [-0.15, -0.1) is 21.5 Å². The lowest BCUT2D eigenvalue weighted by Gasteiger charge is -2.48. The number of benzene rings is 1. The quantitative estimate of drug-likeness (QED) is 0.546. The topological polar surface area (TPSA) is 111 Å². The Balaban J connectivity index is 1.28. The van der Waals surface area contributed by atoms with Crippen LogP contribution in [0.3, 0.4) is 0 Å². The Bertz CT molecular complexity index is 1320. The van der Waals surface area contributed by atoms with Gasteiger partial charge in [-0.05, 0) is 58.1 Å². The summed E-state index contributed by atoms with van der Waals surface area (Å²) in [5, 5.41) is 34.1. The molecule has 2 bridgehead atoms. The molecule has 1 aromatic carbocycles. The summed E-state index contributed by atoms with van der Waals surface area (Å²) in [5.74, 6) is 0.469. The van der Waals surface area contributed by atoms with Crippen LogP contribution >= 0.6 is 11.3 Å². The number of hydrogen-bond donors (Lipinski definition) is 2. The smallest absolute Gasteiger partial charge is 0.245 e. The van der Waals surface area contributed by atoms with Crippen molar-refractivity contribution in [2.45, 2.75) is 75.3 Å². The van der Waals surface area contributed by atoms with Gasteiger partial charge in [-0.25, -0.2) is 14.4 Å². The van der Waals surface area contributed by atoms with Crippen LogP contribution in [0.4, 0.5) is 10.3 Å². The Hall–Kier alpha value is -3.16. The molecule has 8 nitrogen and oxygen atoms in total. The summed E-state index contributed by atoms with van der Waals surface area (Å²) in [6, 6.07) is 7.12. The van der Waals surface area contributed by atoms with Crippen LogP contribution in [-0.2, 0) is 0 Å². The van der Waals surface area contributed by atoms with E-state index in [1.807, 2.05) is 19.1 Å². The summed E-state index contributed by atoms with van der Waals surface area (Å²) in [4.78, 5) is 10.9. The number of piperidine rings is 1. The molecule has 0 spiro atoms. The number of alkyl halides is 1. The van der Waals surface area contributed by atoms with Crippen molar-refractivity contribution in [2.24, 2.45) is 0 Å². The van der Waals surface area contributed by atoms with Crippen molar-refractivity contribution in [2.75, 3.05) is 4.90 Å². The number of rotatable bonds is 5. The number of phenols is 1. The predicted octanol–water partition coefficient (Wildman–Crippen LogP) is 4.22. The van der Waals surface area contributed by atoms with E-state index in [2.05, 4.69) is 37.3 Å². The van der Waals surface area contributed by atoms with Crippen LogP contribution < -0.4 is 10.2 Å². The van der Waals surface area contributed by atoms with E-state index in [9.17, 15) is 5.11 Å². The fourth-order valence-corrected chi connectivity index (χ4v) is 6.37. The van der Waals surface area contributed by atoms with Crippen LogP contribution in [0.2, 0.25) is 0 Å². The third kappa shape index (κ3) is 3.83. The largest absolute Gasteiger partial charge is 0.507 e. The van der Waals surface area contributed by atoms with E-state index >= 15 is 4.39 Å². The van der Waals surface area contributed by atoms with Crippen molar-refractivity contribution in [3.8, 4) is 34.3 Å². The van der Waals surface area contributed by atoms with Crippen LogP contribution in [0, 0.1) is 11.3 Å². The monoisotopic (exact) mass is 491 g/mol. The lowest BCUT2D eigenvalue weighted by molar-refractivity contribution is 0.0828. The average molecular weight is 492 g/mol. The van der Waals surface area contributed by atoms with Crippen molar-refractivity contribution in [3.05, 3.63) is 34.8 Å². The second kappa shape index (κ2) is 7.93. The Morgan fingerprint density at radius 2 is 2.06 bits per heavy atom. The molecule has 4 heterocycles. The van der Waals surface area contributed by atoms with Gasteiger partial charge in [0.05, 0.1) is 17.9 Å². The highest BCUT2D eigenvalue weighted by atomic mass is 32.1. The number of phenolic OH excluding ortho intramolecular Hbond substituents is 1. The van der Waals surface area contributed by atoms with E-state index in [1.54, 1.807) is 23.7 Å². The number of aromatic nitrogens is 4. The maximum absolute atomic E-state index is 15.8. The second-order valence-electron chi connectivity index (χ2n) is 10.4. The summed E-state index contributed by atoms with van der Waals surface area (Å²) in [6.45, 7) is 4.17. The van der Waals surface area contributed by atoms with E-state index in [0.29, 0.717) is 39.9 Å². The average Bonchev–Trinajstić information content (AvgIpc) is 3.48. The van der Waals surface area contributed by atoms with Gasteiger partial charge in [-0.2, -0.15) is 5.26 Å². The number of fused-ring (bicyclic) bond motifs is 2. The van der Waals surface area contributed by atoms with Gasteiger partial charge in [-0.3, -0.25) is 0 Å². The minimum Gasteiger partial charge on any atom is -0.507 e. The standard InChI is InChI=1S/C25H26FN7OS/c1-24-7-8-25(2,32-24)22(26)19(10-24)33(15-4-5-15)23-28-12-17(30-31-23)16-6-3-14(9-20(16)34)18-13-35-21(11-27)29-18/h3,6,9,12-13,15,19,22,32,34H,4-5,7-8,10H2,1-2H3/t19-,22-,24-,25+/m1/s1. The molecule has 2 aliphatic heterocycles. The van der Waals surface area contributed by atoms with Crippen molar-refractivity contribution in [1.29, 1.82) is 5.26 Å². The molecule has 0 radical (unpaired) electrons. The predicted molar refractivity (Wildman–Crippen MR) is 131 cm³/mol. The summed E-state index contributed by atoms with van der Waals surface area (Å²) < 4.78 is 15.8. The zero-order valence-electron chi connectivity index (χ0n) is 19.6. The van der Waals surface area contributed by atoms with E-state index in [-0.39, 0.29) is 23.4 Å². The van der Waals surface area contributed by atoms with Crippen molar-refractivity contribution in [1.82, 2.24) is 25.5 Å². The highest BCUT2D eigenvalue weighted by Crippen LogP contribution is 2.47. The Labute approximate surface area is 206 Å². The van der Waals surface area contributed by atoms with E-state index in [1.165, 1.54) is 11.3 Å². The van der Waals surface area contributed by atoms with Crippen LogP contribution in [0.5, 0.6) is 5.75 Å². The number of nitrogens with zero attached hydrogens (tertiary/aromatic N) is 6. The Morgan fingerprint density at radius 1 is 1.23 bits per heavy atom. The zero-order chi connectivity index (χ0) is 24.4. The normalized spacial score (nSPS) is 29.7. The first-order valence-corrected chi connectivity index (χ1v) is 12.8. The molecule has 2 saturated heterocycles. The molecule has 35 heavy (non-hydrogen) atoms. The summed E-state index contributed by atoms with van der Waals surface area (Å²) in [5.41, 5.74) is 1.66. The molecule has 4 atom stereocenters. The van der Waals surface area contributed by atoms with Gasteiger partial charge >= 0.3 is 0 Å². The van der Waals surface area contributed by atoms with E-state index < -0.39 is 11.7 Å². The molecule has 3 fully saturated rings. The SMILES string of the molecule is C[C@]12CC[C@](C)(N1)[C@H](F)[C@H](N(c1ncc(-c3ccc(-c4csc(C#N)n4)cc3O)nn1)C1CC1)C2. The number of hydrogen-bond acceptors (Lipinski definition) is 9. The Kier molecular flexibility index (Phi) is 5.06. The molecule has 1 aliphatic carbocycles. The minimum absolute atomic E-state index is 0.0245. The number of thiazole rings is 1. The van der Waals surface area contributed by atoms with Gasteiger partial charge in [0.25, 0.3) is 0 Å². The lowest BCUT2D eigenvalue weighted by atomic mass is 9.82. The fraction of sp³-hybridized carbons (Fsp3) is 0.480. The first kappa shape index (κ1) is 22.3. The molecular weight excluding hydrogens is 465 g/mol. The van der Waals surface area contributed by atoms with Gasteiger partial charge in [0.15, 0.2) is 5.01 Å². The molecule has 10 heteroatoms. The number of halogens is 1. The molecule has 180 valence electrons. The third-order valence-corrected chi connectivity index (χ3v) is 8.38. The molecule has 0 amide bonds. The maximum Gasteiger partial charge on any atom is 0.245 e. The minimum atomic E-state index is -1.02. The van der Waals surface area contributed by atoms with Crippen molar-refractivity contribution >= 4 is 17.3 Å². The molecule has 6 rings (SSSR count). The molecule has 3 aromatic rings. The first-order valence-electron chi connectivity index (χ1n) is 11.9. The summed E-state index contributed by atoms with van der Waals surface area (Å²) in [6.07, 6.45) is 5.07. The highest BCUT2D eigenvalue weighted by molar-refractivity contribution is 7.10. The number of nitriles is 1. The molecule has 2 N–H and O–H groups in total. The van der Waals surface area contributed by atoms with Gasteiger partial charge in [0.1, 0.15) is 23.7 Å². The molecule has 1 saturated carbocycles. The maximum atomic E-state index is 15.8. The zero-order valence-corrected chi connectivity index (χ0v) is 20.4. The highest BCUT2D eigenvalue weighted by Gasteiger charge is 2.58. The number of nitrogens with one attached hydrogen (secondary N) is 1. The van der Waals surface area contributed by atoms with Crippen LogP contribution in [0.1, 0.15) is 51.0 Å². The summed E-state index contributed by atoms with van der Waals surface area (Å²) in [7, 11) is 0. The van der Waals surface area contributed by atoms with Gasteiger partial charge in [0, 0.05) is 33.6 Å². The molecule has 3 aliphatic rings. The van der Waals surface area contributed by atoms with E-state index in [4.69, 9.17) is 5.26 Å². The molecule has 2 aromatic heterocycles. The van der Waals surface area contributed by atoms with E-state index in [0.717, 1.165) is 25.7 Å².